The number of aromatic nitrogens is 2. The molecule has 1 aromatic heterocycles. The molecule has 0 fully saturated rings. The molecule has 1 amide bonds. The summed E-state index contributed by atoms with van der Waals surface area (Å²) in [6.07, 6.45) is 2.70. The predicted molar refractivity (Wildman–Crippen MR) is 77.2 cm³/mol. The van der Waals surface area contributed by atoms with E-state index in [2.05, 4.69) is 29.4 Å². The maximum absolute atomic E-state index is 11.9. The fourth-order valence-corrected chi connectivity index (χ4v) is 1.82. The molecule has 106 valence electrons. The number of nitrogens with zero attached hydrogens (tertiary/aromatic N) is 2. The van der Waals surface area contributed by atoms with Gasteiger partial charge in [-0.05, 0) is 37.0 Å². The molecule has 0 saturated carbocycles. The van der Waals surface area contributed by atoms with Crippen molar-refractivity contribution in [1.82, 2.24) is 10.2 Å². The van der Waals surface area contributed by atoms with Crippen molar-refractivity contribution in [2.45, 2.75) is 33.6 Å². The van der Waals surface area contributed by atoms with E-state index in [1.165, 1.54) is 6.39 Å². The molecule has 0 aliphatic heterocycles. The highest BCUT2D eigenvalue weighted by Crippen LogP contribution is 2.24. The van der Waals surface area contributed by atoms with Gasteiger partial charge in [0.25, 0.3) is 0 Å². The highest BCUT2D eigenvalue weighted by Gasteiger charge is 2.09. The van der Waals surface area contributed by atoms with Gasteiger partial charge in [0.15, 0.2) is 0 Å². The second-order valence-electron chi connectivity index (χ2n) is 5.25. The number of hydrogen-bond acceptors (Lipinski definition) is 4. The van der Waals surface area contributed by atoms with E-state index >= 15 is 0 Å². The second kappa shape index (κ2) is 6.32. The van der Waals surface area contributed by atoms with Crippen LogP contribution in [0.3, 0.4) is 0 Å². The molecule has 0 saturated heterocycles. The summed E-state index contributed by atoms with van der Waals surface area (Å²) in [5.74, 6) is 0.999. The van der Waals surface area contributed by atoms with Crippen LogP contribution in [0.1, 0.15) is 32.3 Å². The molecule has 5 heteroatoms. The molecule has 20 heavy (non-hydrogen) atoms. The summed E-state index contributed by atoms with van der Waals surface area (Å²) in [5.41, 5.74) is 2.59. The molecule has 2 aromatic rings. The van der Waals surface area contributed by atoms with Gasteiger partial charge < -0.3 is 9.73 Å². The van der Waals surface area contributed by atoms with Crippen LogP contribution < -0.4 is 5.32 Å². The number of aryl methyl sites for hydroxylation is 1. The van der Waals surface area contributed by atoms with Crippen molar-refractivity contribution >= 4 is 11.6 Å². The molecule has 1 N–H and O–H groups in total. The number of carbonyl (C=O) groups excluding carboxylic acids is 1. The Morgan fingerprint density at radius 1 is 1.40 bits per heavy atom. The van der Waals surface area contributed by atoms with Crippen molar-refractivity contribution in [3.05, 3.63) is 30.2 Å². The Kier molecular flexibility index (Phi) is 4.50. The molecular formula is C15H19N3O2. The topological polar surface area (TPSA) is 68.0 Å². The summed E-state index contributed by atoms with van der Waals surface area (Å²) >= 11 is 0. The quantitative estimate of drug-likeness (QED) is 0.906. The molecule has 1 aromatic carbocycles. The highest BCUT2D eigenvalue weighted by atomic mass is 16.4. The van der Waals surface area contributed by atoms with E-state index in [1.807, 2.05) is 25.1 Å². The van der Waals surface area contributed by atoms with Crippen LogP contribution in [0.4, 0.5) is 5.69 Å². The minimum Gasteiger partial charge on any atom is -0.423 e. The fourth-order valence-electron chi connectivity index (χ4n) is 1.82. The Morgan fingerprint density at radius 3 is 2.85 bits per heavy atom. The van der Waals surface area contributed by atoms with Crippen LogP contribution in [0.5, 0.6) is 0 Å². The fraction of sp³-hybridized carbons (Fsp3) is 0.400. The summed E-state index contributed by atoms with van der Waals surface area (Å²) in [6.45, 7) is 6.17. The number of amides is 1. The minimum atomic E-state index is 0.0319. The molecule has 1 heterocycles. The minimum absolute atomic E-state index is 0.0319. The predicted octanol–water partition coefficient (Wildman–Crippen LogP) is 3.42. The third-order valence-corrected chi connectivity index (χ3v) is 3.07. The van der Waals surface area contributed by atoms with Gasteiger partial charge in [0, 0.05) is 17.7 Å². The average Bonchev–Trinajstić information content (AvgIpc) is 2.93. The standard InChI is InChI=1S/C15H19N3O2/c1-10(2)4-7-14(19)17-13-8-12(6-5-11(13)3)15-18-16-9-20-15/h5-6,8-10H,4,7H2,1-3H3,(H,17,19). The number of benzene rings is 1. The second-order valence-corrected chi connectivity index (χ2v) is 5.25. The highest BCUT2D eigenvalue weighted by molar-refractivity contribution is 5.92. The Balaban J connectivity index is 2.11. The van der Waals surface area contributed by atoms with Gasteiger partial charge in [-0.1, -0.05) is 19.9 Å². The Morgan fingerprint density at radius 2 is 2.20 bits per heavy atom. The maximum Gasteiger partial charge on any atom is 0.247 e. The molecule has 0 radical (unpaired) electrons. The van der Waals surface area contributed by atoms with Crippen molar-refractivity contribution in [3.8, 4) is 11.5 Å². The van der Waals surface area contributed by atoms with Gasteiger partial charge in [-0.2, -0.15) is 0 Å². The number of hydrogen-bond donors (Lipinski definition) is 1. The van der Waals surface area contributed by atoms with Crippen LogP contribution >= 0.6 is 0 Å². The molecule has 0 aliphatic rings. The van der Waals surface area contributed by atoms with Crippen molar-refractivity contribution in [3.63, 3.8) is 0 Å². The lowest BCUT2D eigenvalue weighted by atomic mass is 10.1. The third-order valence-electron chi connectivity index (χ3n) is 3.07. The zero-order valence-electron chi connectivity index (χ0n) is 12.0. The maximum atomic E-state index is 11.9. The van der Waals surface area contributed by atoms with E-state index in [9.17, 15) is 4.79 Å². The first kappa shape index (κ1) is 14.2. The first-order chi connectivity index (χ1) is 9.56. The summed E-state index contributed by atoms with van der Waals surface area (Å²) in [6, 6.07) is 5.68. The molecule has 0 atom stereocenters. The van der Waals surface area contributed by atoms with E-state index in [1.54, 1.807) is 0 Å². The Hall–Kier alpha value is -2.17. The monoisotopic (exact) mass is 273 g/mol. The molecule has 0 unspecified atom stereocenters. The Bertz CT molecular complexity index is 577. The molecule has 0 spiro atoms. The van der Waals surface area contributed by atoms with Crippen LogP contribution in [0, 0.1) is 12.8 Å². The smallest absolute Gasteiger partial charge is 0.247 e. The normalized spacial score (nSPS) is 10.8. The summed E-state index contributed by atoms with van der Waals surface area (Å²) in [5, 5.41) is 10.5. The number of carbonyl (C=O) groups is 1. The van der Waals surface area contributed by atoms with Gasteiger partial charge in [-0.15, -0.1) is 10.2 Å². The average molecular weight is 273 g/mol. The van der Waals surface area contributed by atoms with Crippen LogP contribution in [-0.4, -0.2) is 16.1 Å². The number of nitrogens with one attached hydrogen (secondary N) is 1. The van der Waals surface area contributed by atoms with E-state index in [0.29, 0.717) is 18.2 Å². The first-order valence-corrected chi connectivity index (χ1v) is 6.73. The zero-order chi connectivity index (χ0) is 14.5. The molecule has 5 nitrogen and oxygen atoms in total. The van der Waals surface area contributed by atoms with E-state index in [0.717, 1.165) is 23.2 Å². The first-order valence-electron chi connectivity index (χ1n) is 6.73. The van der Waals surface area contributed by atoms with E-state index < -0.39 is 0 Å². The van der Waals surface area contributed by atoms with Crippen molar-refractivity contribution in [2.75, 3.05) is 5.32 Å². The molecule has 0 bridgehead atoms. The molecule has 2 rings (SSSR count). The van der Waals surface area contributed by atoms with Crippen LogP contribution in [0.15, 0.2) is 29.0 Å². The van der Waals surface area contributed by atoms with E-state index in [4.69, 9.17) is 4.42 Å². The van der Waals surface area contributed by atoms with Crippen molar-refractivity contribution in [2.24, 2.45) is 5.92 Å². The van der Waals surface area contributed by atoms with E-state index in [-0.39, 0.29) is 5.91 Å². The van der Waals surface area contributed by atoms with Gasteiger partial charge in [-0.25, -0.2) is 0 Å². The SMILES string of the molecule is Cc1ccc(-c2nnco2)cc1NC(=O)CCC(C)C. The van der Waals surface area contributed by atoms with Gasteiger partial charge in [-0.3, -0.25) is 4.79 Å². The lowest BCUT2D eigenvalue weighted by Gasteiger charge is -2.10. The van der Waals surface area contributed by atoms with Crippen LogP contribution in [-0.2, 0) is 4.79 Å². The molecule has 0 aliphatic carbocycles. The summed E-state index contributed by atoms with van der Waals surface area (Å²) in [7, 11) is 0. The Labute approximate surface area is 118 Å². The lowest BCUT2D eigenvalue weighted by molar-refractivity contribution is -0.116. The lowest BCUT2D eigenvalue weighted by Crippen LogP contribution is -2.13. The van der Waals surface area contributed by atoms with Gasteiger partial charge >= 0.3 is 0 Å². The van der Waals surface area contributed by atoms with Gasteiger partial charge in [0.2, 0.25) is 18.2 Å². The van der Waals surface area contributed by atoms with Gasteiger partial charge in [0.1, 0.15) is 0 Å². The third kappa shape index (κ3) is 3.66. The number of anilines is 1. The van der Waals surface area contributed by atoms with Crippen LogP contribution in [0.2, 0.25) is 0 Å². The number of rotatable bonds is 5. The summed E-state index contributed by atoms with van der Waals surface area (Å²) < 4.78 is 5.16. The van der Waals surface area contributed by atoms with Crippen molar-refractivity contribution in [1.29, 1.82) is 0 Å². The molecular weight excluding hydrogens is 254 g/mol. The van der Waals surface area contributed by atoms with Crippen molar-refractivity contribution < 1.29 is 9.21 Å². The van der Waals surface area contributed by atoms with Crippen LogP contribution in [0.25, 0.3) is 11.5 Å². The zero-order valence-corrected chi connectivity index (χ0v) is 12.0. The summed E-state index contributed by atoms with van der Waals surface area (Å²) in [4.78, 5) is 11.9. The van der Waals surface area contributed by atoms with Gasteiger partial charge in [0.05, 0.1) is 0 Å². The largest absolute Gasteiger partial charge is 0.423 e.